The highest BCUT2D eigenvalue weighted by Gasteiger charge is 2.19. The van der Waals surface area contributed by atoms with Crippen LogP contribution in [0.3, 0.4) is 0 Å². The minimum Gasteiger partial charge on any atom is -1.00 e. The normalized spacial score (nSPS) is 10.4. The van der Waals surface area contributed by atoms with E-state index in [1.165, 1.54) is 0 Å². The lowest BCUT2D eigenvalue weighted by molar-refractivity contribution is -0.0000123. The first-order valence-corrected chi connectivity index (χ1v) is 6.53. The van der Waals surface area contributed by atoms with E-state index >= 15 is 0 Å². The third kappa shape index (κ3) is 4.67. The van der Waals surface area contributed by atoms with Crippen molar-refractivity contribution in [2.45, 2.75) is 0 Å². The fourth-order valence-electron chi connectivity index (χ4n) is 1.02. The number of carbonyl (C=O) groups is 1. The molecule has 0 heterocycles. The first kappa shape index (κ1) is 13.5. The molecule has 0 atom stereocenters. The minimum atomic E-state index is -1.97. The average molecular weight is 277 g/mol. The fraction of sp³-hybridized carbons (Fsp3) is 0.300. The quantitative estimate of drug-likeness (QED) is 0.505. The van der Waals surface area contributed by atoms with Gasteiger partial charge in [0.1, 0.15) is 12.5 Å². The van der Waals surface area contributed by atoms with Gasteiger partial charge in [0.15, 0.2) is 5.75 Å². The zero-order valence-electron chi connectivity index (χ0n) is 8.20. The highest BCUT2D eigenvalue weighted by molar-refractivity contribution is 8.02. The minimum absolute atomic E-state index is 0. The number of hydrogen-bond acceptors (Lipinski definition) is 2. The molecule has 14 heavy (non-hydrogen) atoms. The van der Waals surface area contributed by atoms with Gasteiger partial charge in [-0.25, -0.2) is 0 Å². The molecule has 0 aliphatic carbocycles. The van der Waals surface area contributed by atoms with Crippen LogP contribution >= 0.6 is 0 Å². The van der Waals surface area contributed by atoms with Crippen molar-refractivity contribution in [3.05, 3.63) is 35.9 Å². The molecule has 0 radical (unpaired) electrons. The van der Waals surface area contributed by atoms with E-state index in [-0.39, 0.29) is 28.5 Å². The van der Waals surface area contributed by atoms with Crippen molar-refractivity contribution in [1.82, 2.24) is 0 Å². The average Bonchev–Trinajstić information content (AvgIpc) is 2.03. The van der Waals surface area contributed by atoms with Crippen LogP contribution in [0.2, 0.25) is 0 Å². The Balaban J connectivity index is 0.00000169. The number of rotatable bonds is 3. The molecule has 2 nitrogen and oxygen atoms in total. The van der Waals surface area contributed by atoms with Crippen LogP contribution in [-0.2, 0) is 14.1 Å². The van der Waals surface area contributed by atoms with Gasteiger partial charge in [-0.3, -0.25) is 4.79 Å². The molecule has 0 aromatic heterocycles. The summed E-state index contributed by atoms with van der Waals surface area (Å²) < 4.78 is 11.3. The lowest BCUT2D eigenvalue weighted by atomic mass is 10.2. The molecule has 1 rings (SSSR count). The van der Waals surface area contributed by atoms with E-state index in [0.717, 1.165) is 0 Å². The van der Waals surface area contributed by atoms with Crippen LogP contribution in [0.15, 0.2) is 30.3 Å². The fourth-order valence-corrected chi connectivity index (χ4v) is 1.82. The van der Waals surface area contributed by atoms with Gasteiger partial charge in [0.25, 0.3) is 0 Å². The maximum atomic E-state index is 11.5. The molecule has 0 spiro atoms. The van der Waals surface area contributed by atoms with E-state index in [1.807, 2.05) is 6.07 Å². The Kier molecular flexibility index (Phi) is 5.23. The second kappa shape index (κ2) is 5.41. The maximum absolute atomic E-state index is 11.5. The predicted molar refractivity (Wildman–Crippen MR) is 55.5 cm³/mol. The summed E-state index contributed by atoms with van der Waals surface area (Å²) in [6.07, 6.45) is 3.21. The number of halogens is 1. The molecular formula is C10H13BrO2S. The monoisotopic (exact) mass is 276 g/mol. The van der Waals surface area contributed by atoms with Crippen molar-refractivity contribution in [2.24, 2.45) is 0 Å². The van der Waals surface area contributed by atoms with Crippen LogP contribution in [-0.4, -0.2) is 24.0 Å². The lowest BCUT2D eigenvalue weighted by Crippen LogP contribution is -3.00. The smallest absolute Gasteiger partial charge is 0.211 e. The number of Topliss-reactive ketones (excluding diaryl/α,β-unsaturated/α-hetero) is 1. The lowest BCUT2D eigenvalue weighted by Gasteiger charge is -2.00. The standard InChI is InChI=1S/C10H13O2S.BrH/c1-13(2,12)8-10(11)9-6-4-3-5-7-9;/h3-7H,8H2,1-2H3;1H/q+1;/p-1. The summed E-state index contributed by atoms with van der Waals surface area (Å²) in [5.41, 5.74) is 0.638. The molecule has 0 aliphatic heterocycles. The number of benzene rings is 1. The maximum Gasteiger partial charge on any atom is 0.211 e. The summed E-state index contributed by atoms with van der Waals surface area (Å²) in [7, 11) is -1.97. The molecule has 1 aromatic carbocycles. The van der Waals surface area contributed by atoms with E-state index in [0.29, 0.717) is 5.56 Å². The van der Waals surface area contributed by atoms with Gasteiger partial charge in [0.05, 0.1) is 9.93 Å². The Hall–Kier alpha value is -0.480. The Morgan fingerprint density at radius 3 is 2.14 bits per heavy atom. The molecule has 0 fully saturated rings. The van der Waals surface area contributed by atoms with E-state index in [4.69, 9.17) is 0 Å². The highest BCUT2D eigenvalue weighted by Crippen LogP contribution is 2.04. The Morgan fingerprint density at radius 2 is 1.71 bits per heavy atom. The summed E-state index contributed by atoms with van der Waals surface area (Å²) in [4.78, 5) is 11.5. The van der Waals surface area contributed by atoms with Crippen LogP contribution in [0.4, 0.5) is 0 Å². The van der Waals surface area contributed by atoms with Gasteiger partial charge in [0.2, 0.25) is 5.78 Å². The van der Waals surface area contributed by atoms with Gasteiger partial charge in [-0.1, -0.05) is 30.3 Å². The topological polar surface area (TPSA) is 34.1 Å². The SMILES string of the molecule is C[S+](C)(=O)CC(=O)c1ccccc1.[Br-]. The van der Waals surface area contributed by atoms with Gasteiger partial charge < -0.3 is 17.0 Å². The molecule has 0 bridgehead atoms. The molecule has 0 saturated heterocycles. The molecule has 0 amide bonds. The van der Waals surface area contributed by atoms with Crippen molar-refractivity contribution in [2.75, 3.05) is 18.3 Å². The van der Waals surface area contributed by atoms with Crippen molar-refractivity contribution < 1.29 is 26.0 Å². The molecular weight excluding hydrogens is 264 g/mol. The summed E-state index contributed by atoms with van der Waals surface area (Å²) in [5, 5.41) is 0. The molecule has 0 aliphatic rings. The Labute approximate surface area is 95.9 Å². The molecule has 1 aromatic rings. The first-order valence-electron chi connectivity index (χ1n) is 3.99. The van der Waals surface area contributed by atoms with E-state index in [2.05, 4.69) is 0 Å². The van der Waals surface area contributed by atoms with Crippen LogP contribution in [0.5, 0.6) is 0 Å². The first-order chi connectivity index (χ1) is 5.99. The summed E-state index contributed by atoms with van der Waals surface area (Å²) in [6, 6.07) is 8.95. The molecule has 4 heteroatoms. The van der Waals surface area contributed by atoms with Crippen molar-refractivity contribution in [1.29, 1.82) is 0 Å². The number of ketones is 1. The largest absolute Gasteiger partial charge is 1.00 e. The number of carbonyl (C=O) groups excluding carboxylic acids is 1. The highest BCUT2D eigenvalue weighted by atomic mass is 79.9. The van der Waals surface area contributed by atoms with Crippen LogP contribution in [0.1, 0.15) is 10.4 Å². The van der Waals surface area contributed by atoms with Gasteiger partial charge in [-0.15, -0.1) is 4.21 Å². The summed E-state index contributed by atoms with van der Waals surface area (Å²) >= 11 is 0. The summed E-state index contributed by atoms with van der Waals surface area (Å²) in [5.74, 6) is 0.0902. The van der Waals surface area contributed by atoms with Gasteiger partial charge in [-0.05, 0) is 0 Å². The summed E-state index contributed by atoms with van der Waals surface area (Å²) in [6.45, 7) is 0. The number of hydrogen-bond donors (Lipinski definition) is 0. The third-order valence-corrected chi connectivity index (χ3v) is 2.53. The van der Waals surface area contributed by atoms with Gasteiger partial charge >= 0.3 is 0 Å². The zero-order valence-corrected chi connectivity index (χ0v) is 10.6. The second-order valence-electron chi connectivity index (χ2n) is 3.37. The molecule has 0 saturated carbocycles. The van der Waals surface area contributed by atoms with E-state index < -0.39 is 9.93 Å². The third-order valence-electron chi connectivity index (χ3n) is 1.57. The van der Waals surface area contributed by atoms with Crippen LogP contribution in [0, 0.1) is 0 Å². The van der Waals surface area contributed by atoms with E-state index in [9.17, 15) is 9.00 Å². The van der Waals surface area contributed by atoms with Crippen LogP contribution in [0.25, 0.3) is 0 Å². The molecule has 0 unspecified atom stereocenters. The molecule has 0 N–H and O–H groups in total. The Morgan fingerprint density at radius 1 is 1.21 bits per heavy atom. The second-order valence-corrected chi connectivity index (χ2v) is 6.53. The van der Waals surface area contributed by atoms with Crippen molar-refractivity contribution >= 4 is 15.7 Å². The van der Waals surface area contributed by atoms with E-state index in [1.54, 1.807) is 36.8 Å². The van der Waals surface area contributed by atoms with Gasteiger partial charge in [0, 0.05) is 5.56 Å². The molecule has 78 valence electrons. The van der Waals surface area contributed by atoms with Gasteiger partial charge in [-0.2, -0.15) is 0 Å². The van der Waals surface area contributed by atoms with Crippen LogP contribution < -0.4 is 17.0 Å². The van der Waals surface area contributed by atoms with Crippen molar-refractivity contribution in [3.8, 4) is 0 Å². The predicted octanol–water partition coefficient (Wildman–Crippen LogP) is -1.37. The zero-order chi connectivity index (χ0) is 9.90. The Bertz CT molecular complexity index is 342. The van der Waals surface area contributed by atoms with Crippen molar-refractivity contribution in [3.63, 3.8) is 0 Å².